The van der Waals surface area contributed by atoms with Crippen LogP contribution in [-0.2, 0) is 9.31 Å². The molecule has 1 heterocycles. The van der Waals surface area contributed by atoms with E-state index in [2.05, 4.69) is 167 Å². The molecule has 0 aromatic heterocycles. The van der Waals surface area contributed by atoms with Gasteiger partial charge in [-0.1, -0.05) is 115 Å². The molecular formula is C44H35BO2. The molecule has 0 N–H and O–H groups in total. The van der Waals surface area contributed by atoms with Crippen LogP contribution in [0.3, 0.4) is 0 Å². The highest BCUT2D eigenvalue weighted by Gasteiger charge is 2.51. The lowest BCUT2D eigenvalue weighted by Crippen LogP contribution is -2.41. The molecular weight excluding hydrogens is 571 g/mol. The molecule has 8 aromatic rings. The number of hydrogen-bond acceptors (Lipinski definition) is 2. The summed E-state index contributed by atoms with van der Waals surface area (Å²) in [4.78, 5) is 0. The summed E-state index contributed by atoms with van der Waals surface area (Å²) in [7, 11) is -0.436. The lowest BCUT2D eigenvalue weighted by Gasteiger charge is -2.32. The van der Waals surface area contributed by atoms with Gasteiger partial charge in [0, 0.05) is 0 Å². The standard InChI is InChI=1S/C44H35BO2/c1-43(2)44(3,4)47-45(46-43)34-21-22-37-40(25-34)39(33-20-18-29-12-6-8-14-31(29)24-33)27-41-36-16-10-9-15-35(36)38(26-42(37)41)32-19-17-28-11-5-7-13-30(28)23-32/h5-27H,1-4H3. The third-order valence-corrected chi connectivity index (χ3v) is 10.6. The predicted octanol–water partition coefficient (Wildman–Crippen LogP) is 11.1. The van der Waals surface area contributed by atoms with Crippen molar-refractivity contribution < 1.29 is 9.31 Å². The van der Waals surface area contributed by atoms with Crippen molar-refractivity contribution in [3.8, 4) is 22.3 Å². The van der Waals surface area contributed by atoms with Gasteiger partial charge in [-0.3, -0.25) is 0 Å². The van der Waals surface area contributed by atoms with Crippen molar-refractivity contribution in [3.63, 3.8) is 0 Å². The molecule has 8 aromatic carbocycles. The molecule has 0 amide bonds. The quantitative estimate of drug-likeness (QED) is 0.147. The first kappa shape index (κ1) is 28.3. The Morgan fingerprint density at radius 1 is 0.383 bits per heavy atom. The first-order valence-corrected chi connectivity index (χ1v) is 16.5. The summed E-state index contributed by atoms with van der Waals surface area (Å²) in [6.07, 6.45) is 0. The van der Waals surface area contributed by atoms with E-state index in [4.69, 9.17) is 9.31 Å². The van der Waals surface area contributed by atoms with Crippen molar-refractivity contribution in [2.75, 3.05) is 0 Å². The minimum absolute atomic E-state index is 0.412. The summed E-state index contributed by atoms with van der Waals surface area (Å²) in [5.41, 5.74) is 5.09. The Bertz CT molecular complexity index is 2530. The maximum absolute atomic E-state index is 6.54. The van der Waals surface area contributed by atoms with Gasteiger partial charge in [-0.25, -0.2) is 0 Å². The van der Waals surface area contributed by atoms with Crippen molar-refractivity contribution in [2.45, 2.75) is 38.9 Å². The van der Waals surface area contributed by atoms with Gasteiger partial charge in [-0.15, -0.1) is 0 Å². The molecule has 0 bridgehead atoms. The van der Waals surface area contributed by atoms with Crippen LogP contribution in [0.4, 0.5) is 0 Å². The largest absolute Gasteiger partial charge is 0.494 e. The zero-order valence-electron chi connectivity index (χ0n) is 27.2. The summed E-state index contributed by atoms with van der Waals surface area (Å²) < 4.78 is 13.1. The average Bonchev–Trinajstić information content (AvgIpc) is 3.32. The number of benzene rings is 8. The molecule has 2 nitrogen and oxygen atoms in total. The smallest absolute Gasteiger partial charge is 0.399 e. The SMILES string of the molecule is CC1(C)OB(c2ccc3c(c2)c(-c2ccc4ccccc4c2)cc2c4ccccc4c(-c4ccc5ccccc5c4)cc32)OC1(C)C. The Balaban J connectivity index is 1.35. The number of hydrogen-bond donors (Lipinski definition) is 0. The molecule has 0 radical (unpaired) electrons. The van der Waals surface area contributed by atoms with Crippen LogP contribution in [0.25, 0.3) is 76.1 Å². The highest BCUT2D eigenvalue weighted by Crippen LogP contribution is 2.43. The maximum Gasteiger partial charge on any atom is 0.494 e. The Hall–Kier alpha value is -4.96. The molecule has 47 heavy (non-hydrogen) atoms. The monoisotopic (exact) mass is 606 g/mol. The van der Waals surface area contributed by atoms with Crippen molar-refractivity contribution in [1.82, 2.24) is 0 Å². The van der Waals surface area contributed by atoms with Gasteiger partial charge in [0.05, 0.1) is 11.2 Å². The van der Waals surface area contributed by atoms with E-state index in [0.717, 1.165) is 5.46 Å². The van der Waals surface area contributed by atoms with Crippen LogP contribution in [0.5, 0.6) is 0 Å². The van der Waals surface area contributed by atoms with E-state index in [-0.39, 0.29) is 0 Å². The minimum atomic E-state index is -0.436. The summed E-state index contributed by atoms with van der Waals surface area (Å²) in [5.74, 6) is 0. The third-order valence-electron chi connectivity index (χ3n) is 10.6. The summed E-state index contributed by atoms with van der Waals surface area (Å²) in [6, 6.07) is 51.3. The fourth-order valence-corrected chi connectivity index (χ4v) is 7.33. The molecule has 9 rings (SSSR count). The molecule has 3 heteroatoms. The van der Waals surface area contributed by atoms with Gasteiger partial charge in [0.15, 0.2) is 0 Å². The molecule has 1 fully saturated rings. The molecule has 0 spiro atoms. The van der Waals surface area contributed by atoms with E-state index in [1.807, 2.05) is 0 Å². The van der Waals surface area contributed by atoms with Crippen LogP contribution in [-0.4, -0.2) is 18.3 Å². The Labute approximate surface area is 275 Å². The van der Waals surface area contributed by atoms with Gasteiger partial charge in [0.1, 0.15) is 0 Å². The van der Waals surface area contributed by atoms with Gasteiger partial charge < -0.3 is 9.31 Å². The van der Waals surface area contributed by atoms with Crippen LogP contribution in [0.1, 0.15) is 27.7 Å². The molecule has 0 unspecified atom stereocenters. The van der Waals surface area contributed by atoms with E-state index < -0.39 is 18.3 Å². The second-order valence-corrected chi connectivity index (χ2v) is 14.0. The normalized spacial score (nSPS) is 15.8. The van der Waals surface area contributed by atoms with E-state index in [0.29, 0.717) is 0 Å². The van der Waals surface area contributed by atoms with E-state index >= 15 is 0 Å². The summed E-state index contributed by atoms with van der Waals surface area (Å²) in [6.45, 7) is 8.45. The maximum atomic E-state index is 6.54. The van der Waals surface area contributed by atoms with Crippen molar-refractivity contribution >= 4 is 66.4 Å². The second-order valence-electron chi connectivity index (χ2n) is 14.0. The van der Waals surface area contributed by atoms with Gasteiger partial charge in [0.2, 0.25) is 0 Å². The topological polar surface area (TPSA) is 18.5 Å². The first-order chi connectivity index (χ1) is 22.8. The van der Waals surface area contributed by atoms with Crippen LogP contribution in [0.2, 0.25) is 0 Å². The predicted molar refractivity (Wildman–Crippen MR) is 201 cm³/mol. The van der Waals surface area contributed by atoms with E-state index in [1.54, 1.807) is 0 Å². The minimum Gasteiger partial charge on any atom is -0.399 e. The van der Waals surface area contributed by atoms with Crippen LogP contribution < -0.4 is 5.46 Å². The number of fused-ring (bicyclic) bond motifs is 7. The molecule has 0 atom stereocenters. The van der Waals surface area contributed by atoms with Gasteiger partial charge >= 0.3 is 7.12 Å². The van der Waals surface area contributed by atoms with Crippen LogP contribution in [0.15, 0.2) is 140 Å². The Morgan fingerprint density at radius 2 is 0.851 bits per heavy atom. The molecule has 1 aliphatic heterocycles. The summed E-state index contributed by atoms with van der Waals surface area (Å²) >= 11 is 0. The zero-order chi connectivity index (χ0) is 31.9. The van der Waals surface area contributed by atoms with Crippen molar-refractivity contribution in [3.05, 3.63) is 140 Å². The third kappa shape index (κ3) is 4.49. The summed E-state index contributed by atoms with van der Waals surface area (Å²) in [5, 5.41) is 12.4. The fraction of sp³-hybridized carbons (Fsp3) is 0.136. The molecule has 1 saturated heterocycles. The van der Waals surface area contributed by atoms with Gasteiger partial charge in [-0.05, 0) is 134 Å². The zero-order valence-corrected chi connectivity index (χ0v) is 27.2. The Kier molecular flexibility index (Phi) is 6.18. The molecule has 1 aliphatic rings. The van der Waals surface area contributed by atoms with Crippen molar-refractivity contribution in [1.29, 1.82) is 0 Å². The van der Waals surface area contributed by atoms with E-state index in [9.17, 15) is 0 Å². The van der Waals surface area contributed by atoms with Gasteiger partial charge in [-0.2, -0.15) is 0 Å². The fourth-order valence-electron chi connectivity index (χ4n) is 7.33. The highest BCUT2D eigenvalue weighted by atomic mass is 16.7. The highest BCUT2D eigenvalue weighted by molar-refractivity contribution is 6.62. The average molecular weight is 607 g/mol. The van der Waals surface area contributed by atoms with Crippen molar-refractivity contribution in [2.24, 2.45) is 0 Å². The lowest BCUT2D eigenvalue weighted by atomic mass is 9.77. The van der Waals surface area contributed by atoms with Crippen LogP contribution in [0, 0.1) is 0 Å². The van der Waals surface area contributed by atoms with Gasteiger partial charge in [0.25, 0.3) is 0 Å². The molecule has 226 valence electrons. The Morgan fingerprint density at radius 3 is 1.43 bits per heavy atom. The molecule has 0 saturated carbocycles. The van der Waals surface area contributed by atoms with E-state index in [1.165, 1.54) is 76.1 Å². The first-order valence-electron chi connectivity index (χ1n) is 16.5. The number of rotatable bonds is 3. The second kappa shape index (κ2) is 10.3. The van der Waals surface area contributed by atoms with Crippen LogP contribution >= 0.6 is 0 Å². The molecule has 0 aliphatic carbocycles. The lowest BCUT2D eigenvalue weighted by molar-refractivity contribution is 0.00578.